The lowest BCUT2D eigenvalue weighted by Crippen LogP contribution is -2.52. The molecule has 1 aliphatic heterocycles. The van der Waals surface area contributed by atoms with Gasteiger partial charge in [0.1, 0.15) is 11.4 Å². The van der Waals surface area contributed by atoms with Gasteiger partial charge in [0.15, 0.2) is 0 Å². The highest BCUT2D eigenvalue weighted by Gasteiger charge is 2.34. The van der Waals surface area contributed by atoms with Crippen molar-refractivity contribution in [3.05, 3.63) is 60.2 Å². The molecule has 0 saturated carbocycles. The van der Waals surface area contributed by atoms with E-state index in [1.54, 1.807) is 20.8 Å². The summed E-state index contributed by atoms with van der Waals surface area (Å²) in [6, 6.07) is 14.3. The van der Waals surface area contributed by atoms with Crippen molar-refractivity contribution in [3.8, 4) is 5.75 Å². The molecular weight excluding hydrogens is 512 g/mol. The number of hydroxylamine groups is 1. The molecule has 2 atom stereocenters. The number of aliphatic hydroxyl groups excluding tert-OH is 1. The highest BCUT2D eigenvalue weighted by Crippen LogP contribution is 2.24. The van der Waals surface area contributed by atoms with E-state index >= 15 is 0 Å². The number of carbonyl (C=O) groups excluding carboxylic acids is 1. The molecule has 0 aliphatic carbocycles. The molecule has 1 amide bonds. The maximum Gasteiger partial charge on any atom is 0.407 e. The molecule has 2 N–H and O–H groups in total. The number of carbonyl (C=O) groups is 1. The number of alkyl carbamates (subject to hydrolysis) is 1. The number of rotatable bonds is 11. The number of amides is 1. The van der Waals surface area contributed by atoms with Gasteiger partial charge >= 0.3 is 6.09 Å². The quantitative estimate of drug-likeness (QED) is 0.409. The fraction of sp³-hybridized carbons (Fsp3) is 0.519. The van der Waals surface area contributed by atoms with Gasteiger partial charge in [0, 0.05) is 13.2 Å². The lowest BCUT2D eigenvalue weighted by atomic mass is 10.0. The lowest BCUT2D eigenvalue weighted by Gasteiger charge is -2.32. The van der Waals surface area contributed by atoms with Crippen molar-refractivity contribution in [3.63, 3.8) is 0 Å². The van der Waals surface area contributed by atoms with E-state index in [1.165, 1.54) is 31.4 Å². The van der Waals surface area contributed by atoms with Crippen LogP contribution >= 0.6 is 0 Å². The third-order valence-corrected chi connectivity index (χ3v) is 7.50. The van der Waals surface area contributed by atoms with Crippen molar-refractivity contribution in [2.24, 2.45) is 0 Å². The topological polar surface area (TPSA) is 124 Å². The number of methoxy groups -OCH3 is 1. The van der Waals surface area contributed by atoms with E-state index in [1.807, 2.05) is 30.3 Å². The van der Waals surface area contributed by atoms with Crippen LogP contribution in [0.3, 0.4) is 0 Å². The molecule has 11 heteroatoms. The Morgan fingerprint density at radius 3 is 2.32 bits per heavy atom. The molecule has 1 fully saturated rings. The van der Waals surface area contributed by atoms with Crippen molar-refractivity contribution in [1.29, 1.82) is 0 Å². The van der Waals surface area contributed by atoms with E-state index < -0.39 is 46.5 Å². The van der Waals surface area contributed by atoms with Crippen molar-refractivity contribution >= 4 is 16.1 Å². The number of sulfonamides is 1. The zero-order valence-corrected chi connectivity index (χ0v) is 23.1. The first-order valence-corrected chi connectivity index (χ1v) is 14.0. The average Bonchev–Trinajstić information content (AvgIpc) is 2.88. The van der Waals surface area contributed by atoms with Gasteiger partial charge in [0.2, 0.25) is 0 Å². The molecule has 0 radical (unpaired) electrons. The highest BCUT2D eigenvalue weighted by molar-refractivity contribution is 7.89. The van der Waals surface area contributed by atoms with Gasteiger partial charge in [-0.2, -0.15) is 0 Å². The van der Waals surface area contributed by atoms with Gasteiger partial charge in [-0.05, 0) is 69.9 Å². The number of hydrogen-bond donors (Lipinski definition) is 2. The van der Waals surface area contributed by atoms with Crippen LogP contribution in [0.15, 0.2) is 59.5 Å². The number of nitrogens with zero attached hydrogens (tertiary/aromatic N) is 1. The van der Waals surface area contributed by atoms with Gasteiger partial charge < -0.3 is 24.6 Å². The van der Waals surface area contributed by atoms with Crippen LogP contribution < -0.4 is 10.1 Å². The highest BCUT2D eigenvalue weighted by atomic mass is 32.2. The molecule has 1 heterocycles. The van der Waals surface area contributed by atoms with Gasteiger partial charge in [-0.25, -0.2) is 13.2 Å². The number of ether oxygens (including phenoxy) is 3. The summed E-state index contributed by atoms with van der Waals surface area (Å²) in [5, 5.41) is 14.0. The predicted octanol–water partition coefficient (Wildman–Crippen LogP) is 3.29. The minimum Gasteiger partial charge on any atom is -0.497 e. The van der Waals surface area contributed by atoms with Crippen LogP contribution in [0.5, 0.6) is 5.75 Å². The predicted molar refractivity (Wildman–Crippen MR) is 141 cm³/mol. The van der Waals surface area contributed by atoms with E-state index in [0.29, 0.717) is 31.8 Å². The first-order chi connectivity index (χ1) is 18.0. The number of hydrogen-bond acceptors (Lipinski definition) is 8. The largest absolute Gasteiger partial charge is 0.497 e. The number of aliphatic hydroxyl groups is 1. The second-order valence-electron chi connectivity index (χ2n) is 10.1. The van der Waals surface area contributed by atoms with Crippen LogP contribution in [-0.2, 0) is 30.8 Å². The van der Waals surface area contributed by atoms with E-state index in [-0.39, 0.29) is 11.3 Å². The van der Waals surface area contributed by atoms with Gasteiger partial charge in [-0.15, -0.1) is 0 Å². The molecule has 0 bridgehead atoms. The van der Waals surface area contributed by atoms with Crippen molar-refractivity contribution in [1.82, 2.24) is 9.79 Å². The smallest absolute Gasteiger partial charge is 0.407 e. The summed E-state index contributed by atoms with van der Waals surface area (Å²) in [6.07, 6.45) is -1.18. The van der Waals surface area contributed by atoms with Crippen LogP contribution in [0.1, 0.15) is 39.2 Å². The van der Waals surface area contributed by atoms with Gasteiger partial charge in [-0.3, -0.25) is 4.84 Å². The normalized spacial score (nSPS) is 16.6. The Morgan fingerprint density at radius 1 is 1.11 bits per heavy atom. The van der Waals surface area contributed by atoms with Crippen molar-refractivity contribution in [2.45, 2.75) is 68.8 Å². The molecule has 210 valence electrons. The zero-order chi connectivity index (χ0) is 27.8. The Balaban J connectivity index is 1.87. The minimum atomic E-state index is -4.17. The summed E-state index contributed by atoms with van der Waals surface area (Å²) in [4.78, 5) is 18.5. The van der Waals surface area contributed by atoms with Gasteiger partial charge in [-0.1, -0.05) is 34.8 Å². The standard InChI is InChI=1S/C27H38N2O8S/c1-27(2,3)36-26(31)28-24(18-20-8-6-5-7-9-20)25(30)19-29(37-22-14-16-35-17-15-22)38(32,33)23-12-10-21(34-4)11-13-23/h5-13,22,24-25,30H,14-19H2,1-4H3,(H,28,31). The summed E-state index contributed by atoms with van der Waals surface area (Å²) >= 11 is 0. The Kier molecular flexibility index (Phi) is 10.5. The summed E-state index contributed by atoms with van der Waals surface area (Å²) in [5.41, 5.74) is 0.102. The minimum absolute atomic E-state index is 0.0164. The van der Waals surface area contributed by atoms with Gasteiger partial charge in [0.25, 0.3) is 10.0 Å². The molecule has 2 aromatic carbocycles. The van der Waals surface area contributed by atoms with Crippen molar-refractivity contribution < 1.29 is 37.4 Å². The van der Waals surface area contributed by atoms with Crippen LogP contribution in [0.25, 0.3) is 0 Å². The molecule has 0 aromatic heterocycles. The Labute approximate surface area is 224 Å². The van der Waals surface area contributed by atoms with Gasteiger partial charge in [0.05, 0.1) is 36.8 Å². The molecular formula is C27H38N2O8S. The zero-order valence-electron chi connectivity index (χ0n) is 22.3. The summed E-state index contributed by atoms with van der Waals surface area (Å²) < 4.78 is 44.0. The summed E-state index contributed by atoms with van der Waals surface area (Å²) in [7, 11) is -2.68. The Bertz CT molecular complexity index is 1110. The van der Waals surface area contributed by atoms with Crippen LogP contribution in [0, 0.1) is 0 Å². The Morgan fingerprint density at radius 2 is 1.74 bits per heavy atom. The SMILES string of the molecule is COc1ccc(S(=O)(=O)N(CC(O)C(Cc2ccccc2)NC(=O)OC(C)(C)C)OC2CCOCC2)cc1. The maximum absolute atomic E-state index is 13.6. The number of benzene rings is 2. The third-order valence-electron chi connectivity index (χ3n) is 5.86. The van der Waals surface area contributed by atoms with E-state index in [0.717, 1.165) is 10.0 Å². The first-order valence-electron chi connectivity index (χ1n) is 12.6. The molecule has 38 heavy (non-hydrogen) atoms. The summed E-state index contributed by atoms with van der Waals surface area (Å²) in [5.74, 6) is 0.505. The molecule has 2 unspecified atom stereocenters. The van der Waals surface area contributed by atoms with Crippen LogP contribution in [0.2, 0.25) is 0 Å². The summed E-state index contributed by atoms with van der Waals surface area (Å²) in [6.45, 7) is 5.68. The first kappa shape index (κ1) is 29.9. The van der Waals surface area contributed by atoms with E-state index in [9.17, 15) is 18.3 Å². The molecule has 2 aromatic rings. The second kappa shape index (κ2) is 13.4. The second-order valence-corrected chi connectivity index (χ2v) is 11.9. The fourth-order valence-corrected chi connectivity index (χ4v) is 5.20. The molecule has 1 aliphatic rings. The number of nitrogens with one attached hydrogen (secondary N) is 1. The fourth-order valence-electron chi connectivity index (χ4n) is 3.90. The van der Waals surface area contributed by atoms with Crippen molar-refractivity contribution in [2.75, 3.05) is 26.9 Å². The van der Waals surface area contributed by atoms with Crippen LogP contribution in [0.4, 0.5) is 4.79 Å². The lowest BCUT2D eigenvalue weighted by molar-refractivity contribution is -0.170. The average molecular weight is 551 g/mol. The molecule has 0 spiro atoms. The van der Waals surface area contributed by atoms with Crippen LogP contribution in [-0.4, -0.2) is 74.8 Å². The Hall–Kier alpha value is -2.70. The molecule has 10 nitrogen and oxygen atoms in total. The maximum atomic E-state index is 13.6. The molecule has 3 rings (SSSR count). The molecule has 1 saturated heterocycles. The third kappa shape index (κ3) is 8.95. The monoisotopic (exact) mass is 550 g/mol. The van der Waals surface area contributed by atoms with E-state index in [2.05, 4.69) is 5.32 Å². The van der Waals surface area contributed by atoms with E-state index in [4.69, 9.17) is 19.0 Å².